The molecule has 0 aromatic heterocycles. The smallest absolute Gasteiger partial charge is 0.251 e. The Hall–Kier alpha value is -1.01. The first-order chi connectivity index (χ1) is 13.3. The first-order valence-corrected chi connectivity index (χ1v) is 10.8. The van der Waals surface area contributed by atoms with E-state index in [0.717, 1.165) is 49.8 Å². The number of nitrogens with zero attached hydrogens (tertiary/aromatic N) is 1. The van der Waals surface area contributed by atoms with E-state index in [4.69, 9.17) is 4.74 Å². The van der Waals surface area contributed by atoms with Crippen LogP contribution < -0.4 is 15.4 Å². The summed E-state index contributed by atoms with van der Waals surface area (Å²) in [7, 11) is 0. The van der Waals surface area contributed by atoms with E-state index in [1.807, 2.05) is 18.2 Å². The Balaban J connectivity index is 0.00000120. The standard InChI is InChI=1S/C22H31N3O2.2ClH/c26-22(16-6-7-21-15(10-16)4-3-9-27-21)24-14-20-18-11-17(12-23-13-18)19-5-1-2-8-25(19)20;;/h6-7,10,17-20,23H,1-5,8-9,11-14H2,(H,24,26);2*1H/t17-,18+,19+,20+;;/m1../s1. The number of rotatable bonds is 3. The van der Waals surface area contributed by atoms with E-state index in [2.05, 4.69) is 15.5 Å². The summed E-state index contributed by atoms with van der Waals surface area (Å²) in [5.41, 5.74) is 1.94. The number of hydrogen-bond acceptors (Lipinski definition) is 4. The van der Waals surface area contributed by atoms with Crippen molar-refractivity contribution in [1.82, 2.24) is 15.5 Å². The van der Waals surface area contributed by atoms with Crippen LogP contribution in [0.15, 0.2) is 18.2 Å². The number of hydrogen-bond donors (Lipinski definition) is 2. The van der Waals surface area contributed by atoms with Crippen molar-refractivity contribution in [2.45, 2.75) is 50.6 Å². The number of carbonyl (C=O) groups is 1. The minimum Gasteiger partial charge on any atom is -0.493 e. The molecule has 4 atom stereocenters. The Kier molecular flexibility index (Phi) is 7.71. The van der Waals surface area contributed by atoms with Gasteiger partial charge in [0.05, 0.1) is 6.61 Å². The van der Waals surface area contributed by atoms with Gasteiger partial charge < -0.3 is 15.4 Å². The van der Waals surface area contributed by atoms with Crippen molar-refractivity contribution in [2.24, 2.45) is 11.8 Å². The summed E-state index contributed by atoms with van der Waals surface area (Å²) in [5, 5.41) is 6.91. The zero-order valence-electron chi connectivity index (χ0n) is 16.9. The molecule has 1 aromatic rings. The number of piperidine rings is 3. The topological polar surface area (TPSA) is 53.6 Å². The highest BCUT2D eigenvalue weighted by Gasteiger charge is 2.45. The van der Waals surface area contributed by atoms with Crippen LogP contribution in [0.5, 0.6) is 5.75 Å². The van der Waals surface area contributed by atoms with Gasteiger partial charge in [-0.15, -0.1) is 24.8 Å². The van der Waals surface area contributed by atoms with E-state index in [1.165, 1.54) is 44.3 Å². The summed E-state index contributed by atoms with van der Waals surface area (Å²) in [6, 6.07) is 7.07. The monoisotopic (exact) mass is 441 g/mol. The molecule has 1 amide bonds. The van der Waals surface area contributed by atoms with Crippen molar-refractivity contribution < 1.29 is 9.53 Å². The molecule has 5 rings (SSSR count). The minimum absolute atomic E-state index is 0. The zero-order valence-corrected chi connectivity index (χ0v) is 18.5. The molecule has 4 heterocycles. The van der Waals surface area contributed by atoms with Gasteiger partial charge in [0.1, 0.15) is 5.75 Å². The first kappa shape index (κ1) is 22.7. The SMILES string of the molecule is Cl.Cl.O=C(NC[C@H]1[C@@H]2CNC[C@@H](C2)[C@@H]2CCCCN21)c1ccc2c(c1)CCCO2. The largest absolute Gasteiger partial charge is 0.493 e. The molecule has 0 aliphatic carbocycles. The Bertz CT molecular complexity index is 717. The molecule has 7 heteroatoms. The fraction of sp³-hybridized carbons (Fsp3) is 0.682. The maximum Gasteiger partial charge on any atom is 0.251 e. The fourth-order valence-corrected chi connectivity index (χ4v) is 5.85. The number of nitrogens with one attached hydrogen (secondary N) is 2. The summed E-state index contributed by atoms with van der Waals surface area (Å²) < 4.78 is 5.67. The van der Waals surface area contributed by atoms with Gasteiger partial charge in [0, 0.05) is 24.2 Å². The molecule has 0 unspecified atom stereocenters. The number of ether oxygens (including phenoxy) is 1. The molecule has 29 heavy (non-hydrogen) atoms. The van der Waals surface area contributed by atoms with Crippen LogP contribution in [0.25, 0.3) is 0 Å². The lowest BCUT2D eigenvalue weighted by molar-refractivity contribution is -0.0371. The highest BCUT2D eigenvalue weighted by molar-refractivity contribution is 5.94. The highest BCUT2D eigenvalue weighted by atomic mass is 35.5. The van der Waals surface area contributed by atoms with E-state index in [0.29, 0.717) is 18.0 Å². The first-order valence-electron chi connectivity index (χ1n) is 10.8. The predicted octanol–water partition coefficient (Wildman–Crippen LogP) is 3.05. The molecule has 2 bridgehead atoms. The molecular weight excluding hydrogens is 409 g/mol. The normalized spacial score (nSPS) is 30.5. The quantitative estimate of drug-likeness (QED) is 0.756. The second kappa shape index (κ2) is 9.86. The van der Waals surface area contributed by atoms with Crippen molar-refractivity contribution in [1.29, 1.82) is 0 Å². The van der Waals surface area contributed by atoms with Gasteiger partial charge in [-0.05, 0) is 87.3 Å². The maximum absolute atomic E-state index is 12.8. The van der Waals surface area contributed by atoms with Crippen LogP contribution in [0.3, 0.4) is 0 Å². The Morgan fingerprint density at radius 2 is 2.03 bits per heavy atom. The number of aryl methyl sites for hydroxylation is 1. The molecule has 0 radical (unpaired) electrons. The summed E-state index contributed by atoms with van der Waals surface area (Å²) in [6.45, 7) is 5.02. The predicted molar refractivity (Wildman–Crippen MR) is 120 cm³/mol. The van der Waals surface area contributed by atoms with Gasteiger partial charge >= 0.3 is 0 Å². The van der Waals surface area contributed by atoms with Gasteiger partial charge in [-0.1, -0.05) is 6.42 Å². The van der Waals surface area contributed by atoms with Crippen LogP contribution in [0.1, 0.15) is 48.0 Å². The van der Waals surface area contributed by atoms with Gasteiger partial charge in [0.2, 0.25) is 0 Å². The van der Waals surface area contributed by atoms with Crippen LogP contribution in [-0.2, 0) is 6.42 Å². The van der Waals surface area contributed by atoms with Gasteiger partial charge in [0.15, 0.2) is 0 Å². The van der Waals surface area contributed by atoms with E-state index in [9.17, 15) is 4.79 Å². The molecule has 2 N–H and O–H groups in total. The average Bonchev–Trinajstić information content (AvgIpc) is 2.73. The van der Waals surface area contributed by atoms with Gasteiger partial charge in [-0.25, -0.2) is 0 Å². The molecule has 0 spiro atoms. The van der Waals surface area contributed by atoms with Crippen molar-refractivity contribution in [3.8, 4) is 5.75 Å². The third kappa shape index (κ3) is 4.53. The lowest BCUT2D eigenvalue weighted by Gasteiger charge is -2.55. The molecule has 5 nitrogen and oxygen atoms in total. The molecular formula is C22H33Cl2N3O2. The van der Waals surface area contributed by atoms with Crippen molar-refractivity contribution in [3.63, 3.8) is 0 Å². The lowest BCUT2D eigenvalue weighted by Crippen LogP contribution is -2.65. The third-order valence-corrected chi connectivity index (χ3v) is 7.17. The summed E-state index contributed by atoms with van der Waals surface area (Å²) in [6.07, 6.45) is 7.35. The zero-order chi connectivity index (χ0) is 18.2. The number of carbonyl (C=O) groups excluding carboxylic acids is 1. The van der Waals surface area contributed by atoms with Crippen LogP contribution >= 0.6 is 24.8 Å². The molecule has 3 fully saturated rings. The van der Waals surface area contributed by atoms with Gasteiger partial charge in [-0.2, -0.15) is 0 Å². The van der Waals surface area contributed by atoms with Gasteiger partial charge in [0.25, 0.3) is 5.91 Å². The Labute approximate surface area is 186 Å². The summed E-state index contributed by atoms with van der Waals surface area (Å²) in [5.74, 6) is 2.47. The molecule has 4 aliphatic heterocycles. The Morgan fingerprint density at radius 3 is 2.93 bits per heavy atom. The van der Waals surface area contributed by atoms with Crippen LogP contribution in [0.4, 0.5) is 0 Å². The second-order valence-electron chi connectivity index (χ2n) is 8.77. The number of fused-ring (bicyclic) bond motifs is 5. The van der Waals surface area contributed by atoms with Crippen molar-refractivity contribution in [3.05, 3.63) is 29.3 Å². The lowest BCUT2D eigenvalue weighted by atomic mass is 9.73. The summed E-state index contributed by atoms with van der Waals surface area (Å²) in [4.78, 5) is 15.6. The fourth-order valence-electron chi connectivity index (χ4n) is 5.85. The minimum atomic E-state index is 0. The van der Waals surface area contributed by atoms with E-state index in [-0.39, 0.29) is 30.7 Å². The third-order valence-electron chi connectivity index (χ3n) is 7.17. The van der Waals surface area contributed by atoms with Crippen LogP contribution in [0, 0.1) is 11.8 Å². The molecule has 3 saturated heterocycles. The van der Waals surface area contributed by atoms with E-state index >= 15 is 0 Å². The average molecular weight is 442 g/mol. The summed E-state index contributed by atoms with van der Waals surface area (Å²) >= 11 is 0. The maximum atomic E-state index is 12.8. The number of benzene rings is 1. The molecule has 0 saturated carbocycles. The van der Waals surface area contributed by atoms with E-state index < -0.39 is 0 Å². The van der Waals surface area contributed by atoms with Crippen LogP contribution in [0.2, 0.25) is 0 Å². The number of halogens is 2. The van der Waals surface area contributed by atoms with Crippen LogP contribution in [-0.4, -0.2) is 55.7 Å². The van der Waals surface area contributed by atoms with Gasteiger partial charge in [-0.3, -0.25) is 9.69 Å². The number of amides is 1. The molecule has 162 valence electrons. The molecule has 1 aromatic carbocycles. The second-order valence-corrected chi connectivity index (χ2v) is 8.77. The van der Waals surface area contributed by atoms with Crippen molar-refractivity contribution in [2.75, 3.05) is 32.8 Å². The van der Waals surface area contributed by atoms with Crippen molar-refractivity contribution >= 4 is 30.7 Å². The Morgan fingerprint density at radius 1 is 1.17 bits per heavy atom. The highest BCUT2D eigenvalue weighted by Crippen LogP contribution is 2.38. The van der Waals surface area contributed by atoms with E-state index in [1.54, 1.807) is 0 Å². The molecule has 4 aliphatic rings.